The first-order valence-corrected chi connectivity index (χ1v) is 6.90. The number of hydrogen-bond acceptors (Lipinski definition) is 3. The van der Waals surface area contributed by atoms with E-state index < -0.39 is 20.5 Å². The van der Waals surface area contributed by atoms with Crippen LogP contribution in [0.1, 0.15) is 13.8 Å². The summed E-state index contributed by atoms with van der Waals surface area (Å²) in [5, 5.41) is 2.60. The van der Waals surface area contributed by atoms with Crippen LogP contribution < -0.4 is 5.32 Å². The zero-order chi connectivity index (χ0) is 12.1. The molecule has 1 aliphatic heterocycles. The highest BCUT2D eigenvalue weighted by Crippen LogP contribution is 2.40. The number of amides is 1. The minimum absolute atomic E-state index is 0.152. The molecule has 0 aromatic heterocycles. The summed E-state index contributed by atoms with van der Waals surface area (Å²) in [7, 11) is -3.66. The van der Waals surface area contributed by atoms with Crippen molar-refractivity contribution in [1.82, 2.24) is 0 Å². The lowest BCUT2D eigenvalue weighted by Gasteiger charge is -2.30. The van der Waals surface area contributed by atoms with Gasteiger partial charge in [-0.3, -0.25) is 4.79 Å². The maximum atomic E-state index is 12.3. The topological polar surface area (TPSA) is 63.2 Å². The van der Waals surface area contributed by atoms with E-state index in [0.29, 0.717) is 10.2 Å². The molecule has 1 aromatic carbocycles. The van der Waals surface area contributed by atoms with Gasteiger partial charge in [0.15, 0.2) is 9.84 Å². The van der Waals surface area contributed by atoms with Gasteiger partial charge in [-0.2, -0.15) is 0 Å². The lowest BCUT2D eigenvalue weighted by molar-refractivity contribution is -0.118. The van der Waals surface area contributed by atoms with Crippen LogP contribution in [0.2, 0.25) is 0 Å². The highest BCUT2D eigenvalue weighted by Gasteiger charge is 2.48. The van der Waals surface area contributed by atoms with Crippen molar-refractivity contribution in [2.75, 3.05) is 5.32 Å². The first-order valence-electron chi connectivity index (χ1n) is 4.63. The number of halogens is 1. The molecule has 1 aromatic rings. The second-order valence-electron chi connectivity index (χ2n) is 4.08. The van der Waals surface area contributed by atoms with Gasteiger partial charge in [-0.25, -0.2) is 8.42 Å². The van der Waals surface area contributed by atoms with Crippen LogP contribution in [-0.2, 0) is 14.6 Å². The molecule has 0 unspecified atom stereocenters. The number of sulfone groups is 1. The quantitative estimate of drug-likeness (QED) is 0.797. The molecule has 1 amide bonds. The Morgan fingerprint density at radius 1 is 1.31 bits per heavy atom. The summed E-state index contributed by atoms with van der Waals surface area (Å²) in [5.41, 5.74) is 0.332. The van der Waals surface area contributed by atoms with Crippen molar-refractivity contribution in [3.05, 3.63) is 22.7 Å². The van der Waals surface area contributed by atoms with Gasteiger partial charge >= 0.3 is 0 Å². The van der Waals surface area contributed by atoms with Crippen molar-refractivity contribution in [2.45, 2.75) is 23.5 Å². The number of hydrogen-bond donors (Lipinski definition) is 1. The summed E-state index contributed by atoms with van der Waals surface area (Å²) >= 11 is 3.20. The monoisotopic (exact) mass is 303 g/mol. The first kappa shape index (κ1) is 11.6. The van der Waals surface area contributed by atoms with Crippen LogP contribution in [-0.4, -0.2) is 19.1 Å². The second kappa shape index (κ2) is 3.30. The molecule has 0 spiro atoms. The zero-order valence-electron chi connectivity index (χ0n) is 8.74. The van der Waals surface area contributed by atoms with E-state index in [0.717, 1.165) is 0 Å². The number of carbonyl (C=O) groups is 1. The normalized spacial score (nSPS) is 21.1. The Hall–Kier alpha value is -0.880. The molecule has 1 aliphatic rings. The van der Waals surface area contributed by atoms with Crippen molar-refractivity contribution in [1.29, 1.82) is 0 Å². The third-order valence-electron chi connectivity index (χ3n) is 2.70. The van der Waals surface area contributed by atoms with Gasteiger partial charge in [0.05, 0.1) is 5.69 Å². The van der Waals surface area contributed by atoms with E-state index in [2.05, 4.69) is 21.2 Å². The molecule has 0 bridgehead atoms. The second-order valence-corrected chi connectivity index (χ2v) is 7.37. The maximum Gasteiger partial charge on any atom is 0.245 e. The van der Waals surface area contributed by atoms with E-state index in [9.17, 15) is 13.2 Å². The van der Waals surface area contributed by atoms with Crippen molar-refractivity contribution in [3.8, 4) is 0 Å². The lowest BCUT2D eigenvalue weighted by Crippen LogP contribution is -2.48. The summed E-state index contributed by atoms with van der Waals surface area (Å²) in [6.07, 6.45) is 0. The molecule has 86 valence electrons. The van der Waals surface area contributed by atoms with Gasteiger partial charge < -0.3 is 5.32 Å². The fourth-order valence-corrected chi connectivity index (χ4v) is 4.07. The molecule has 4 nitrogen and oxygen atoms in total. The Morgan fingerprint density at radius 2 is 1.94 bits per heavy atom. The first-order chi connectivity index (χ1) is 7.28. The third kappa shape index (κ3) is 1.33. The Morgan fingerprint density at radius 3 is 2.56 bits per heavy atom. The summed E-state index contributed by atoms with van der Waals surface area (Å²) in [4.78, 5) is 11.9. The van der Waals surface area contributed by atoms with Crippen molar-refractivity contribution < 1.29 is 13.2 Å². The van der Waals surface area contributed by atoms with Crippen LogP contribution in [0.15, 0.2) is 27.6 Å². The number of fused-ring (bicyclic) bond motifs is 1. The number of benzene rings is 1. The standard InChI is InChI=1S/C10H10BrNO3S/c1-10(2)9(13)12-7-5-3-4-6(11)8(7)16(10,14)15/h3-5H,1-2H3,(H,12,13). The largest absolute Gasteiger partial charge is 0.324 e. The molecular formula is C10H10BrNO3S. The fraction of sp³-hybridized carbons (Fsp3) is 0.300. The van der Waals surface area contributed by atoms with Crippen LogP contribution in [0.5, 0.6) is 0 Å². The molecule has 0 saturated heterocycles. The third-order valence-corrected chi connectivity index (χ3v) is 6.13. The molecule has 0 atom stereocenters. The molecule has 1 heterocycles. The molecule has 0 radical (unpaired) electrons. The molecule has 6 heteroatoms. The Balaban J connectivity index is 2.85. The highest BCUT2D eigenvalue weighted by molar-refractivity contribution is 9.10. The lowest BCUT2D eigenvalue weighted by atomic mass is 10.1. The Kier molecular flexibility index (Phi) is 2.40. The van der Waals surface area contributed by atoms with E-state index in [1.54, 1.807) is 18.2 Å². The number of rotatable bonds is 0. The fourth-order valence-electron chi connectivity index (χ4n) is 1.53. The summed E-state index contributed by atoms with van der Waals surface area (Å²) < 4.78 is 23.6. The van der Waals surface area contributed by atoms with Crippen LogP contribution in [0.4, 0.5) is 5.69 Å². The van der Waals surface area contributed by atoms with Gasteiger partial charge in [-0.1, -0.05) is 6.07 Å². The van der Waals surface area contributed by atoms with Crippen molar-refractivity contribution in [2.24, 2.45) is 0 Å². The van der Waals surface area contributed by atoms with Crippen LogP contribution >= 0.6 is 15.9 Å². The number of anilines is 1. The Labute approximate surface area is 102 Å². The van der Waals surface area contributed by atoms with Gasteiger partial charge in [0.1, 0.15) is 9.64 Å². The molecular weight excluding hydrogens is 294 g/mol. The molecule has 0 saturated carbocycles. The van der Waals surface area contributed by atoms with Gasteiger partial charge in [0.25, 0.3) is 0 Å². The number of carbonyl (C=O) groups excluding carboxylic acids is 1. The minimum Gasteiger partial charge on any atom is -0.324 e. The van der Waals surface area contributed by atoms with Crippen LogP contribution in [0, 0.1) is 0 Å². The van der Waals surface area contributed by atoms with E-state index in [4.69, 9.17) is 0 Å². The van der Waals surface area contributed by atoms with E-state index in [-0.39, 0.29) is 4.90 Å². The average Bonchev–Trinajstić information content (AvgIpc) is 2.15. The van der Waals surface area contributed by atoms with E-state index >= 15 is 0 Å². The number of nitrogens with one attached hydrogen (secondary N) is 1. The van der Waals surface area contributed by atoms with Crippen molar-refractivity contribution >= 4 is 37.4 Å². The van der Waals surface area contributed by atoms with E-state index in [1.165, 1.54) is 13.8 Å². The Bertz CT molecular complexity index is 578. The minimum atomic E-state index is -3.66. The van der Waals surface area contributed by atoms with Gasteiger partial charge in [-0.05, 0) is 41.9 Å². The predicted molar refractivity (Wildman–Crippen MR) is 64.0 cm³/mol. The predicted octanol–water partition coefficient (Wildman–Crippen LogP) is 1.95. The molecule has 16 heavy (non-hydrogen) atoms. The van der Waals surface area contributed by atoms with Gasteiger partial charge in [0.2, 0.25) is 5.91 Å². The molecule has 0 fully saturated rings. The molecule has 1 N–H and O–H groups in total. The van der Waals surface area contributed by atoms with Crippen LogP contribution in [0.3, 0.4) is 0 Å². The van der Waals surface area contributed by atoms with E-state index in [1.807, 2.05) is 0 Å². The highest BCUT2D eigenvalue weighted by atomic mass is 79.9. The van der Waals surface area contributed by atoms with Crippen molar-refractivity contribution in [3.63, 3.8) is 0 Å². The smallest absolute Gasteiger partial charge is 0.245 e. The summed E-state index contributed by atoms with van der Waals surface area (Å²) in [6.45, 7) is 2.81. The summed E-state index contributed by atoms with van der Waals surface area (Å²) in [6, 6.07) is 4.89. The summed E-state index contributed by atoms with van der Waals surface area (Å²) in [5.74, 6) is -0.502. The SMILES string of the molecule is CC1(C)C(=O)Nc2cccc(Br)c2S1(=O)=O. The average molecular weight is 304 g/mol. The zero-order valence-corrected chi connectivity index (χ0v) is 11.1. The van der Waals surface area contributed by atoms with Crippen LogP contribution in [0.25, 0.3) is 0 Å². The maximum absolute atomic E-state index is 12.3. The molecule has 2 rings (SSSR count). The van der Waals surface area contributed by atoms with Gasteiger partial charge in [-0.15, -0.1) is 0 Å². The van der Waals surface area contributed by atoms with Gasteiger partial charge in [0, 0.05) is 4.47 Å². The molecule has 0 aliphatic carbocycles.